The standard InChI is InChI=1S/C22H37N3/c1-2-20-12-17-24(18-13-20)14-6-7-15-25-16-8-11-22(19-25)23-21-9-4-3-5-10-21/h3-5,9-10,20,22-23H,2,6-8,11-19H2,1H3. The summed E-state index contributed by atoms with van der Waals surface area (Å²) in [6.07, 6.45) is 9.58. The van der Waals surface area contributed by atoms with Crippen molar-refractivity contribution < 1.29 is 0 Å². The summed E-state index contributed by atoms with van der Waals surface area (Å²) >= 11 is 0. The Kier molecular flexibility index (Phi) is 7.62. The molecule has 0 spiro atoms. The van der Waals surface area contributed by atoms with Crippen molar-refractivity contribution in [3.63, 3.8) is 0 Å². The molecule has 1 N–H and O–H groups in total. The number of para-hydroxylation sites is 1. The second-order valence-electron chi connectivity index (χ2n) is 8.05. The lowest BCUT2D eigenvalue weighted by molar-refractivity contribution is 0.171. The van der Waals surface area contributed by atoms with Gasteiger partial charge in [-0.1, -0.05) is 31.5 Å². The second-order valence-corrected chi connectivity index (χ2v) is 8.05. The van der Waals surface area contributed by atoms with E-state index in [4.69, 9.17) is 0 Å². The van der Waals surface area contributed by atoms with Crippen molar-refractivity contribution in [3.8, 4) is 0 Å². The third kappa shape index (κ3) is 6.31. The van der Waals surface area contributed by atoms with Gasteiger partial charge in [-0.2, -0.15) is 0 Å². The summed E-state index contributed by atoms with van der Waals surface area (Å²) in [5.41, 5.74) is 1.27. The summed E-state index contributed by atoms with van der Waals surface area (Å²) in [5, 5.41) is 3.71. The minimum Gasteiger partial charge on any atom is -0.381 e. The number of benzene rings is 1. The zero-order chi connectivity index (χ0) is 17.3. The minimum atomic E-state index is 0.615. The highest BCUT2D eigenvalue weighted by atomic mass is 15.2. The largest absolute Gasteiger partial charge is 0.381 e. The van der Waals surface area contributed by atoms with Gasteiger partial charge in [0.25, 0.3) is 0 Å². The van der Waals surface area contributed by atoms with E-state index in [2.05, 4.69) is 52.4 Å². The molecule has 140 valence electrons. The van der Waals surface area contributed by atoms with Crippen LogP contribution >= 0.6 is 0 Å². The van der Waals surface area contributed by atoms with Gasteiger partial charge in [0.2, 0.25) is 0 Å². The maximum absolute atomic E-state index is 3.71. The Morgan fingerprint density at radius 2 is 1.64 bits per heavy atom. The van der Waals surface area contributed by atoms with Crippen molar-refractivity contribution in [2.24, 2.45) is 5.92 Å². The Balaban J connectivity index is 1.29. The summed E-state index contributed by atoms with van der Waals surface area (Å²) in [6, 6.07) is 11.3. The number of hydrogen-bond acceptors (Lipinski definition) is 3. The van der Waals surface area contributed by atoms with Crippen molar-refractivity contribution in [1.29, 1.82) is 0 Å². The zero-order valence-electron chi connectivity index (χ0n) is 16.1. The van der Waals surface area contributed by atoms with Crippen LogP contribution in [0.1, 0.15) is 51.9 Å². The predicted octanol–water partition coefficient (Wildman–Crippen LogP) is 4.47. The molecule has 1 atom stereocenters. The molecular weight excluding hydrogens is 306 g/mol. The molecule has 1 aromatic rings. The number of unbranched alkanes of at least 4 members (excludes halogenated alkanes) is 1. The molecule has 2 fully saturated rings. The van der Waals surface area contributed by atoms with Crippen LogP contribution in [-0.4, -0.2) is 55.1 Å². The Labute approximate surface area is 154 Å². The Morgan fingerprint density at radius 1 is 0.920 bits per heavy atom. The lowest BCUT2D eigenvalue weighted by Crippen LogP contribution is -2.42. The van der Waals surface area contributed by atoms with Crippen LogP contribution in [0, 0.1) is 5.92 Å². The van der Waals surface area contributed by atoms with Gasteiger partial charge in [-0.25, -0.2) is 0 Å². The summed E-state index contributed by atoms with van der Waals surface area (Å²) in [5.74, 6) is 0.999. The lowest BCUT2D eigenvalue weighted by atomic mass is 9.94. The van der Waals surface area contributed by atoms with Crippen LogP contribution in [0.2, 0.25) is 0 Å². The average molecular weight is 344 g/mol. The van der Waals surface area contributed by atoms with E-state index < -0.39 is 0 Å². The first kappa shape index (κ1) is 18.7. The first-order chi connectivity index (χ1) is 12.3. The van der Waals surface area contributed by atoms with Gasteiger partial charge < -0.3 is 15.1 Å². The number of nitrogens with one attached hydrogen (secondary N) is 1. The number of hydrogen-bond donors (Lipinski definition) is 1. The molecule has 0 radical (unpaired) electrons. The quantitative estimate of drug-likeness (QED) is 0.703. The molecule has 2 aliphatic rings. The fourth-order valence-electron chi connectivity index (χ4n) is 4.44. The Bertz CT molecular complexity index is 467. The Morgan fingerprint density at radius 3 is 2.36 bits per heavy atom. The first-order valence-electron chi connectivity index (χ1n) is 10.6. The topological polar surface area (TPSA) is 18.5 Å². The van der Waals surface area contributed by atoms with Gasteiger partial charge in [-0.05, 0) is 89.3 Å². The zero-order valence-corrected chi connectivity index (χ0v) is 16.1. The number of rotatable bonds is 8. The van der Waals surface area contributed by atoms with Crippen LogP contribution in [0.4, 0.5) is 5.69 Å². The lowest BCUT2D eigenvalue weighted by Gasteiger charge is -2.34. The van der Waals surface area contributed by atoms with Gasteiger partial charge in [-0.15, -0.1) is 0 Å². The van der Waals surface area contributed by atoms with Gasteiger partial charge in [0, 0.05) is 18.3 Å². The van der Waals surface area contributed by atoms with E-state index in [1.165, 1.54) is 89.9 Å². The molecule has 0 aromatic heterocycles. The molecule has 3 rings (SSSR count). The van der Waals surface area contributed by atoms with Crippen molar-refractivity contribution in [3.05, 3.63) is 30.3 Å². The van der Waals surface area contributed by atoms with Crippen LogP contribution in [-0.2, 0) is 0 Å². The van der Waals surface area contributed by atoms with Crippen LogP contribution in [0.5, 0.6) is 0 Å². The van der Waals surface area contributed by atoms with Gasteiger partial charge in [0.05, 0.1) is 0 Å². The van der Waals surface area contributed by atoms with Gasteiger partial charge >= 0.3 is 0 Å². The van der Waals surface area contributed by atoms with Crippen LogP contribution in [0.15, 0.2) is 30.3 Å². The summed E-state index contributed by atoms with van der Waals surface area (Å²) in [6.45, 7) is 10.1. The van der Waals surface area contributed by atoms with Crippen molar-refractivity contribution in [1.82, 2.24) is 9.80 Å². The summed E-state index contributed by atoms with van der Waals surface area (Å²) in [7, 11) is 0. The molecule has 1 unspecified atom stereocenters. The fourth-order valence-corrected chi connectivity index (χ4v) is 4.44. The van der Waals surface area contributed by atoms with Crippen LogP contribution < -0.4 is 5.32 Å². The molecule has 0 amide bonds. The molecule has 3 heteroatoms. The predicted molar refractivity (Wildman–Crippen MR) is 108 cm³/mol. The van der Waals surface area contributed by atoms with E-state index >= 15 is 0 Å². The van der Waals surface area contributed by atoms with Crippen LogP contribution in [0.3, 0.4) is 0 Å². The normalized spacial score (nSPS) is 23.6. The van der Waals surface area contributed by atoms with Crippen LogP contribution in [0.25, 0.3) is 0 Å². The van der Waals surface area contributed by atoms with E-state index in [-0.39, 0.29) is 0 Å². The second kappa shape index (κ2) is 10.2. The third-order valence-corrected chi connectivity index (χ3v) is 6.13. The fraction of sp³-hybridized carbons (Fsp3) is 0.727. The highest BCUT2D eigenvalue weighted by Gasteiger charge is 2.20. The van der Waals surface area contributed by atoms with E-state index in [0.29, 0.717) is 6.04 Å². The summed E-state index contributed by atoms with van der Waals surface area (Å²) in [4.78, 5) is 5.37. The van der Waals surface area contributed by atoms with Crippen molar-refractivity contribution >= 4 is 5.69 Å². The van der Waals surface area contributed by atoms with Crippen molar-refractivity contribution in [2.75, 3.05) is 44.6 Å². The van der Waals surface area contributed by atoms with E-state index in [1.807, 2.05) is 0 Å². The molecule has 2 aliphatic heterocycles. The summed E-state index contributed by atoms with van der Waals surface area (Å²) < 4.78 is 0. The van der Waals surface area contributed by atoms with E-state index in [1.54, 1.807) is 0 Å². The molecule has 1 aromatic carbocycles. The smallest absolute Gasteiger partial charge is 0.0388 e. The highest BCUT2D eigenvalue weighted by Crippen LogP contribution is 2.20. The highest BCUT2D eigenvalue weighted by molar-refractivity contribution is 5.43. The maximum atomic E-state index is 3.71. The molecule has 0 bridgehead atoms. The maximum Gasteiger partial charge on any atom is 0.0388 e. The molecule has 3 nitrogen and oxygen atoms in total. The third-order valence-electron chi connectivity index (χ3n) is 6.13. The van der Waals surface area contributed by atoms with Gasteiger partial charge in [0.1, 0.15) is 0 Å². The average Bonchev–Trinajstić information content (AvgIpc) is 2.67. The monoisotopic (exact) mass is 343 g/mol. The van der Waals surface area contributed by atoms with E-state index in [9.17, 15) is 0 Å². The van der Waals surface area contributed by atoms with Gasteiger partial charge in [-0.3, -0.25) is 0 Å². The molecule has 0 saturated carbocycles. The molecular formula is C22H37N3. The number of likely N-dealkylation sites (tertiary alicyclic amines) is 2. The Hall–Kier alpha value is -1.06. The molecule has 25 heavy (non-hydrogen) atoms. The van der Waals surface area contributed by atoms with Gasteiger partial charge in [0.15, 0.2) is 0 Å². The number of anilines is 1. The first-order valence-corrected chi connectivity index (χ1v) is 10.6. The molecule has 2 heterocycles. The molecule has 0 aliphatic carbocycles. The molecule has 2 saturated heterocycles. The van der Waals surface area contributed by atoms with Crippen molar-refractivity contribution in [2.45, 2.75) is 57.9 Å². The number of piperidine rings is 2. The minimum absolute atomic E-state index is 0.615. The van der Waals surface area contributed by atoms with E-state index in [0.717, 1.165) is 5.92 Å². The number of nitrogens with zero attached hydrogens (tertiary/aromatic N) is 2. The SMILES string of the molecule is CCC1CCN(CCCCN2CCCC(Nc3ccccc3)C2)CC1.